The van der Waals surface area contributed by atoms with Gasteiger partial charge in [-0.3, -0.25) is 19.3 Å². The van der Waals surface area contributed by atoms with Crippen molar-refractivity contribution in [3.05, 3.63) is 70.1 Å². The predicted molar refractivity (Wildman–Crippen MR) is 106 cm³/mol. The van der Waals surface area contributed by atoms with Crippen molar-refractivity contribution < 1.29 is 14.4 Å². The third kappa shape index (κ3) is 3.55. The molecule has 7 nitrogen and oxygen atoms in total. The number of hydrogen-bond donors (Lipinski definition) is 1. The summed E-state index contributed by atoms with van der Waals surface area (Å²) in [7, 11) is 0. The van der Waals surface area contributed by atoms with Gasteiger partial charge in [-0.15, -0.1) is 0 Å². The Balaban J connectivity index is 1.27. The molecule has 1 aromatic carbocycles. The number of halogens is 1. The summed E-state index contributed by atoms with van der Waals surface area (Å²) in [6.45, 7) is 0.549. The van der Waals surface area contributed by atoms with Gasteiger partial charge in [0, 0.05) is 29.8 Å². The number of fused-ring (bicyclic) bond motifs is 2. The van der Waals surface area contributed by atoms with Crippen LogP contribution in [-0.4, -0.2) is 38.6 Å². The molecule has 1 aliphatic rings. The van der Waals surface area contributed by atoms with Gasteiger partial charge in [-0.1, -0.05) is 12.1 Å². The molecule has 0 saturated heterocycles. The van der Waals surface area contributed by atoms with Gasteiger partial charge in [0.1, 0.15) is 5.65 Å². The Morgan fingerprint density at radius 1 is 1.04 bits per heavy atom. The average molecular weight is 441 g/mol. The van der Waals surface area contributed by atoms with Crippen LogP contribution in [-0.2, 0) is 11.3 Å². The van der Waals surface area contributed by atoms with Crippen LogP contribution in [0.3, 0.4) is 0 Å². The van der Waals surface area contributed by atoms with Crippen molar-refractivity contribution in [2.24, 2.45) is 0 Å². The van der Waals surface area contributed by atoms with Gasteiger partial charge in [0.25, 0.3) is 11.8 Å². The van der Waals surface area contributed by atoms with Crippen LogP contribution >= 0.6 is 15.9 Å². The zero-order valence-electron chi connectivity index (χ0n) is 14.9. The number of amides is 3. The maximum atomic E-state index is 12.3. The summed E-state index contributed by atoms with van der Waals surface area (Å²) in [6.07, 6.45) is 4.40. The molecule has 0 aliphatic carbocycles. The quantitative estimate of drug-likeness (QED) is 0.597. The van der Waals surface area contributed by atoms with Gasteiger partial charge in [-0.25, -0.2) is 4.98 Å². The number of carbonyl (C=O) groups is 3. The van der Waals surface area contributed by atoms with Crippen molar-refractivity contribution in [2.45, 2.75) is 19.4 Å². The van der Waals surface area contributed by atoms with Crippen molar-refractivity contribution in [3.8, 4) is 0 Å². The average Bonchev–Trinajstić information content (AvgIpc) is 3.20. The van der Waals surface area contributed by atoms with E-state index in [1.165, 1.54) is 4.90 Å². The summed E-state index contributed by atoms with van der Waals surface area (Å²) >= 11 is 3.41. The highest BCUT2D eigenvalue weighted by molar-refractivity contribution is 9.10. The van der Waals surface area contributed by atoms with Crippen LogP contribution in [0.1, 0.15) is 39.3 Å². The Morgan fingerprint density at radius 3 is 2.46 bits per heavy atom. The second-order valence-electron chi connectivity index (χ2n) is 6.53. The Bertz CT molecular complexity index is 1060. The highest BCUT2D eigenvalue weighted by Gasteiger charge is 2.34. The van der Waals surface area contributed by atoms with Gasteiger partial charge in [0.15, 0.2) is 0 Å². The first-order valence-electron chi connectivity index (χ1n) is 8.88. The van der Waals surface area contributed by atoms with Crippen molar-refractivity contribution in [1.82, 2.24) is 19.6 Å². The minimum absolute atomic E-state index is 0.144. The molecule has 0 atom stereocenters. The lowest BCUT2D eigenvalue weighted by Gasteiger charge is -2.13. The number of pyridine rings is 1. The van der Waals surface area contributed by atoms with Crippen LogP contribution in [0, 0.1) is 0 Å². The van der Waals surface area contributed by atoms with Gasteiger partial charge in [0.05, 0.1) is 23.4 Å². The smallest absolute Gasteiger partial charge is 0.261 e. The molecule has 4 rings (SSSR count). The van der Waals surface area contributed by atoms with E-state index in [1.54, 1.807) is 24.3 Å². The fourth-order valence-corrected chi connectivity index (χ4v) is 3.57. The number of nitrogens with one attached hydrogen (secondary N) is 1. The summed E-state index contributed by atoms with van der Waals surface area (Å²) in [5.74, 6) is -0.733. The first-order chi connectivity index (χ1) is 13.5. The zero-order chi connectivity index (χ0) is 19.7. The van der Waals surface area contributed by atoms with E-state index in [0.717, 1.165) is 15.8 Å². The first-order valence-corrected chi connectivity index (χ1v) is 9.67. The van der Waals surface area contributed by atoms with E-state index in [4.69, 9.17) is 0 Å². The SMILES string of the molecule is O=C(CCCN1C(=O)c2ccccc2C1=O)NCc1cn2cc(Br)ccc2n1. The number of imidazole rings is 1. The van der Waals surface area contributed by atoms with E-state index < -0.39 is 0 Å². The molecule has 28 heavy (non-hydrogen) atoms. The van der Waals surface area contributed by atoms with Crippen molar-refractivity contribution in [3.63, 3.8) is 0 Å². The van der Waals surface area contributed by atoms with Gasteiger partial charge in [-0.05, 0) is 46.6 Å². The summed E-state index contributed by atoms with van der Waals surface area (Å²) in [5, 5.41) is 2.82. The molecule has 0 spiro atoms. The lowest BCUT2D eigenvalue weighted by atomic mass is 10.1. The molecule has 0 fully saturated rings. The molecular weight excluding hydrogens is 424 g/mol. The molecule has 8 heteroatoms. The maximum absolute atomic E-state index is 12.3. The number of aromatic nitrogens is 2. The summed E-state index contributed by atoms with van der Waals surface area (Å²) in [5.41, 5.74) is 2.41. The van der Waals surface area contributed by atoms with Gasteiger partial charge in [0.2, 0.25) is 5.91 Å². The monoisotopic (exact) mass is 440 g/mol. The van der Waals surface area contributed by atoms with Gasteiger partial charge >= 0.3 is 0 Å². The second kappa shape index (κ2) is 7.55. The minimum Gasteiger partial charge on any atom is -0.350 e. The third-order valence-electron chi connectivity index (χ3n) is 4.60. The molecule has 3 amide bonds. The molecule has 1 aliphatic heterocycles. The normalized spacial score (nSPS) is 13.2. The molecular formula is C20H17BrN4O3. The van der Waals surface area contributed by atoms with E-state index in [2.05, 4.69) is 26.2 Å². The fourth-order valence-electron chi connectivity index (χ4n) is 3.22. The molecule has 0 unspecified atom stereocenters. The predicted octanol–water partition coefficient (Wildman–Crippen LogP) is 2.79. The van der Waals surface area contributed by atoms with Gasteiger partial charge < -0.3 is 9.72 Å². The Hall–Kier alpha value is -3.00. The van der Waals surface area contributed by atoms with Crippen molar-refractivity contribution in [1.29, 1.82) is 0 Å². The number of nitrogens with zero attached hydrogens (tertiary/aromatic N) is 3. The van der Waals surface area contributed by atoms with Crippen LogP contribution in [0.15, 0.2) is 53.3 Å². The standard InChI is InChI=1S/C20H17BrN4O3/c21-13-7-8-17-23-14(12-24(17)11-13)10-22-18(26)6-3-9-25-19(27)15-4-1-2-5-16(15)20(25)28/h1-2,4-5,7-8,11-12H,3,6,9-10H2,(H,22,26). The molecule has 3 aromatic rings. The first kappa shape index (κ1) is 18.4. The van der Waals surface area contributed by atoms with E-state index in [9.17, 15) is 14.4 Å². The molecule has 0 bridgehead atoms. The Labute approximate surface area is 169 Å². The molecule has 0 saturated carbocycles. The molecule has 2 aromatic heterocycles. The van der Waals surface area contributed by atoms with Crippen LogP contribution in [0.25, 0.3) is 5.65 Å². The second-order valence-corrected chi connectivity index (χ2v) is 7.45. The molecule has 142 valence electrons. The van der Waals surface area contributed by atoms with E-state index in [1.807, 2.05) is 28.9 Å². The number of rotatable bonds is 6. The Morgan fingerprint density at radius 2 is 1.75 bits per heavy atom. The van der Waals surface area contributed by atoms with Crippen molar-refractivity contribution >= 4 is 39.3 Å². The summed E-state index contributed by atoms with van der Waals surface area (Å²) < 4.78 is 2.83. The molecule has 3 heterocycles. The summed E-state index contributed by atoms with van der Waals surface area (Å²) in [4.78, 5) is 42.3. The maximum Gasteiger partial charge on any atom is 0.261 e. The lowest BCUT2D eigenvalue weighted by molar-refractivity contribution is -0.121. The minimum atomic E-state index is -0.295. The van der Waals surface area contributed by atoms with E-state index in [0.29, 0.717) is 24.1 Å². The summed E-state index contributed by atoms with van der Waals surface area (Å²) in [6, 6.07) is 10.6. The molecule has 1 N–H and O–H groups in total. The molecule has 0 radical (unpaired) electrons. The number of benzene rings is 1. The highest BCUT2D eigenvalue weighted by Crippen LogP contribution is 2.22. The van der Waals surface area contributed by atoms with Crippen LogP contribution in [0.5, 0.6) is 0 Å². The Kier molecular flexibility index (Phi) is 4.95. The van der Waals surface area contributed by atoms with E-state index in [-0.39, 0.29) is 30.7 Å². The van der Waals surface area contributed by atoms with E-state index >= 15 is 0 Å². The fraction of sp³-hybridized carbons (Fsp3) is 0.200. The third-order valence-corrected chi connectivity index (χ3v) is 5.06. The van der Waals surface area contributed by atoms with Crippen molar-refractivity contribution in [2.75, 3.05) is 6.54 Å². The largest absolute Gasteiger partial charge is 0.350 e. The topological polar surface area (TPSA) is 83.8 Å². The van der Waals surface area contributed by atoms with Crippen LogP contribution in [0.4, 0.5) is 0 Å². The van der Waals surface area contributed by atoms with Crippen LogP contribution < -0.4 is 5.32 Å². The number of hydrogen-bond acceptors (Lipinski definition) is 4. The van der Waals surface area contributed by atoms with Gasteiger partial charge in [-0.2, -0.15) is 0 Å². The van der Waals surface area contributed by atoms with Crippen LogP contribution in [0.2, 0.25) is 0 Å². The number of carbonyl (C=O) groups excluding carboxylic acids is 3. The zero-order valence-corrected chi connectivity index (χ0v) is 16.5. The lowest BCUT2D eigenvalue weighted by Crippen LogP contribution is -2.32. The highest BCUT2D eigenvalue weighted by atomic mass is 79.9. The number of imide groups is 1.